The molecule has 0 spiro atoms. The number of nitrogens with zero attached hydrogens (tertiary/aromatic N) is 2. The fourth-order valence-electron chi connectivity index (χ4n) is 0.611. The summed E-state index contributed by atoms with van der Waals surface area (Å²) < 4.78 is 41.2. The molecule has 1 heterocycles. The third kappa shape index (κ3) is 6.35. The fraction of sp³-hybridized carbons (Fsp3) is 0.500. The van der Waals surface area contributed by atoms with E-state index in [0.717, 1.165) is 0 Å². The summed E-state index contributed by atoms with van der Waals surface area (Å²) in [5.74, 6) is -3.31. The number of hydrogen-bond acceptors (Lipinski definition) is 7. The molecule has 0 aromatic carbocycles. The lowest BCUT2D eigenvalue weighted by Gasteiger charge is -1.93. The molecule has 0 aliphatic heterocycles. The molecule has 0 bridgehead atoms. The number of carbonyl (C=O) groups is 2. The number of nitrogens with two attached hydrogens (primary N) is 1. The zero-order valence-electron chi connectivity index (χ0n) is 9.60. The second-order valence-electron chi connectivity index (χ2n) is 2.73. The lowest BCUT2D eigenvalue weighted by Crippen LogP contribution is -2.21. The molecule has 0 atom stereocenters. The van der Waals surface area contributed by atoms with E-state index >= 15 is 0 Å². The van der Waals surface area contributed by atoms with Gasteiger partial charge in [0, 0.05) is 0 Å². The van der Waals surface area contributed by atoms with Crippen LogP contribution in [0.25, 0.3) is 0 Å². The number of aromatic nitrogens is 2. The third-order valence-corrected chi connectivity index (χ3v) is 1.33. The average molecular weight is 285 g/mol. The van der Waals surface area contributed by atoms with Crippen molar-refractivity contribution in [3.8, 4) is 0 Å². The highest BCUT2D eigenvalue weighted by Crippen LogP contribution is 2.13. The highest BCUT2D eigenvalue weighted by atomic mass is 19.4. The number of hydrogen-bond donors (Lipinski definition) is 2. The van der Waals surface area contributed by atoms with Crippen LogP contribution in [0.5, 0.6) is 0 Å². The minimum atomic E-state index is -5.08. The van der Waals surface area contributed by atoms with Crippen LogP contribution in [-0.2, 0) is 16.1 Å². The number of aliphatic carboxylic acids is 1. The predicted molar refractivity (Wildman–Crippen MR) is 51.8 cm³/mol. The van der Waals surface area contributed by atoms with Gasteiger partial charge in [0.05, 0.1) is 13.2 Å². The smallest absolute Gasteiger partial charge is 0.475 e. The van der Waals surface area contributed by atoms with Crippen molar-refractivity contribution < 1.29 is 37.0 Å². The summed E-state index contributed by atoms with van der Waals surface area (Å²) in [5.41, 5.74) is 5.19. The van der Waals surface area contributed by atoms with E-state index in [0.29, 0.717) is 0 Å². The Hall–Kier alpha value is -2.17. The maximum absolute atomic E-state index is 10.9. The Bertz CT molecular complexity index is 432. The van der Waals surface area contributed by atoms with Crippen molar-refractivity contribution in [3.63, 3.8) is 0 Å². The van der Waals surface area contributed by atoms with Crippen molar-refractivity contribution in [2.75, 3.05) is 6.61 Å². The molecule has 11 heteroatoms. The first-order valence-electron chi connectivity index (χ1n) is 4.72. The van der Waals surface area contributed by atoms with Gasteiger partial charge in [-0.1, -0.05) is 0 Å². The van der Waals surface area contributed by atoms with Crippen LogP contribution in [0.3, 0.4) is 0 Å². The molecule has 0 radical (unpaired) electrons. The number of esters is 1. The van der Waals surface area contributed by atoms with Crippen LogP contribution in [0.4, 0.5) is 13.2 Å². The van der Waals surface area contributed by atoms with Gasteiger partial charge < -0.3 is 20.0 Å². The van der Waals surface area contributed by atoms with E-state index in [1.807, 2.05) is 0 Å². The Morgan fingerprint density at radius 1 is 1.42 bits per heavy atom. The van der Waals surface area contributed by atoms with E-state index in [2.05, 4.69) is 14.9 Å². The molecule has 8 nitrogen and oxygen atoms in total. The van der Waals surface area contributed by atoms with Gasteiger partial charge in [-0.15, -0.1) is 10.2 Å². The number of carbonyl (C=O) groups excluding carboxylic acids is 1. The van der Waals surface area contributed by atoms with Gasteiger partial charge in [-0.2, -0.15) is 13.2 Å². The molecule has 3 N–H and O–H groups in total. The number of ether oxygens (including phenoxy) is 1. The van der Waals surface area contributed by atoms with E-state index in [1.165, 1.54) is 0 Å². The standard InChI is InChI=1S/C6H9N3O3.C2HF3O2/c1-2-11-6(10)5-9-8-4(3-7)12-5;3-2(4,5)1(6)7/h2-3,7H2,1H3;(H,6,7). The largest absolute Gasteiger partial charge is 0.490 e. The molecule has 108 valence electrons. The number of carboxylic acid groups (broad SMARTS) is 1. The Morgan fingerprint density at radius 3 is 2.26 bits per heavy atom. The van der Waals surface area contributed by atoms with E-state index in [4.69, 9.17) is 20.1 Å². The molecule has 1 aromatic rings. The Kier molecular flexibility index (Phi) is 6.47. The average Bonchev–Trinajstić information content (AvgIpc) is 2.77. The monoisotopic (exact) mass is 285 g/mol. The van der Waals surface area contributed by atoms with Crippen LogP contribution >= 0.6 is 0 Å². The molecule has 0 amide bonds. The van der Waals surface area contributed by atoms with Gasteiger partial charge >= 0.3 is 24.0 Å². The molecule has 19 heavy (non-hydrogen) atoms. The molecule has 0 saturated carbocycles. The second kappa shape index (κ2) is 7.31. The number of halogens is 3. The summed E-state index contributed by atoms with van der Waals surface area (Å²) in [4.78, 5) is 19.8. The minimum absolute atomic E-state index is 0.117. The SMILES string of the molecule is CCOC(=O)c1nnc(CN)o1.O=C(O)C(F)(F)F. The number of carboxylic acids is 1. The zero-order chi connectivity index (χ0) is 15.1. The highest BCUT2D eigenvalue weighted by Gasteiger charge is 2.38. The van der Waals surface area contributed by atoms with Crippen molar-refractivity contribution in [2.45, 2.75) is 19.6 Å². The predicted octanol–water partition coefficient (Wildman–Crippen LogP) is 0.338. The molecule has 1 rings (SSSR count). The van der Waals surface area contributed by atoms with Gasteiger partial charge in [-0.05, 0) is 6.92 Å². The lowest BCUT2D eigenvalue weighted by atomic mass is 10.6. The van der Waals surface area contributed by atoms with Crippen LogP contribution < -0.4 is 5.73 Å². The molecule has 0 saturated heterocycles. The third-order valence-electron chi connectivity index (χ3n) is 1.33. The Labute approximate surface area is 104 Å². The van der Waals surface area contributed by atoms with Crippen LogP contribution in [0.1, 0.15) is 23.5 Å². The molecular weight excluding hydrogens is 275 g/mol. The summed E-state index contributed by atoms with van der Waals surface area (Å²) >= 11 is 0. The van der Waals surface area contributed by atoms with Gasteiger partial charge in [-0.3, -0.25) is 0 Å². The second-order valence-corrected chi connectivity index (χ2v) is 2.73. The molecule has 1 aromatic heterocycles. The van der Waals surface area contributed by atoms with Crippen molar-refractivity contribution in [2.24, 2.45) is 5.73 Å². The molecule has 0 unspecified atom stereocenters. The van der Waals surface area contributed by atoms with Crippen LogP contribution in [0.15, 0.2) is 4.42 Å². The number of alkyl halides is 3. The first-order chi connectivity index (χ1) is 8.72. The lowest BCUT2D eigenvalue weighted by molar-refractivity contribution is -0.192. The van der Waals surface area contributed by atoms with E-state index in [9.17, 15) is 18.0 Å². The van der Waals surface area contributed by atoms with E-state index in [1.54, 1.807) is 6.92 Å². The molecular formula is C8H10F3N3O5. The summed E-state index contributed by atoms with van der Waals surface area (Å²) in [5, 5.41) is 14.1. The number of rotatable bonds is 3. The summed E-state index contributed by atoms with van der Waals surface area (Å²) in [7, 11) is 0. The fourth-order valence-corrected chi connectivity index (χ4v) is 0.611. The maximum Gasteiger partial charge on any atom is 0.490 e. The van der Waals surface area contributed by atoms with Crippen LogP contribution in [0.2, 0.25) is 0 Å². The molecule has 0 fully saturated rings. The molecule has 0 aliphatic rings. The van der Waals surface area contributed by atoms with E-state index in [-0.39, 0.29) is 24.9 Å². The summed E-state index contributed by atoms with van der Waals surface area (Å²) in [6.45, 7) is 2.09. The van der Waals surface area contributed by atoms with E-state index < -0.39 is 18.1 Å². The van der Waals surface area contributed by atoms with Crippen LogP contribution in [0, 0.1) is 0 Å². The van der Waals surface area contributed by atoms with Crippen molar-refractivity contribution in [1.29, 1.82) is 0 Å². The quantitative estimate of drug-likeness (QED) is 0.760. The van der Waals surface area contributed by atoms with Gasteiger partial charge in [0.2, 0.25) is 5.89 Å². The first kappa shape index (κ1) is 16.8. The topological polar surface area (TPSA) is 129 Å². The van der Waals surface area contributed by atoms with Gasteiger partial charge in [0.25, 0.3) is 0 Å². The van der Waals surface area contributed by atoms with Crippen LogP contribution in [-0.4, -0.2) is 40.0 Å². The normalized spacial score (nSPS) is 10.4. The summed E-state index contributed by atoms with van der Waals surface area (Å²) in [6.07, 6.45) is -5.08. The zero-order valence-corrected chi connectivity index (χ0v) is 9.60. The van der Waals surface area contributed by atoms with Gasteiger partial charge in [-0.25, -0.2) is 9.59 Å². The van der Waals surface area contributed by atoms with Gasteiger partial charge in [0.1, 0.15) is 0 Å². The molecule has 0 aliphatic carbocycles. The first-order valence-corrected chi connectivity index (χ1v) is 4.72. The minimum Gasteiger partial charge on any atom is -0.475 e. The highest BCUT2D eigenvalue weighted by molar-refractivity contribution is 5.83. The van der Waals surface area contributed by atoms with Crippen molar-refractivity contribution in [1.82, 2.24) is 10.2 Å². The van der Waals surface area contributed by atoms with Crippen molar-refractivity contribution >= 4 is 11.9 Å². The van der Waals surface area contributed by atoms with Gasteiger partial charge in [0.15, 0.2) is 0 Å². The Morgan fingerprint density at radius 2 is 1.95 bits per heavy atom. The summed E-state index contributed by atoms with van der Waals surface area (Å²) in [6, 6.07) is 0. The van der Waals surface area contributed by atoms with Crippen molar-refractivity contribution in [3.05, 3.63) is 11.8 Å². The maximum atomic E-state index is 10.9. The Balaban J connectivity index is 0.000000399.